The van der Waals surface area contributed by atoms with Crippen LogP contribution in [-0.2, 0) is 5.41 Å². The van der Waals surface area contributed by atoms with Gasteiger partial charge in [-0.2, -0.15) is 0 Å². The molecule has 0 nitrogen and oxygen atoms in total. The summed E-state index contributed by atoms with van der Waals surface area (Å²) in [4.78, 5) is 0. The third-order valence-corrected chi connectivity index (χ3v) is 6.70. The number of thiophene rings is 1. The van der Waals surface area contributed by atoms with E-state index in [9.17, 15) is 0 Å². The molecule has 142 valence electrons. The van der Waals surface area contributed by atoms with E-state index in [1.54, 1.807) is 0 Å². The Bertz CT molecular complexity index is 1300. The van der Waals surface area contributed by atoms with Crippen LogP contribution >= 0.6 is 11.3 Å². The van der Waals surface area contributed by atoms with Crippen molar-refractivity contribution in [2.75, 3.05) is 0 Å². The largest absolute Gasteiger partial charge is 0.135 e. The van der Waals surface area contributed by atoms with Crippen molar-refractivity contribution in [3.05, 3.63) is 96.6 Å². The highest BCUT2D eigenvalue weighted by Crippen LogP contribution is 2.47. The second-order valence-electron chi connectivity index (χ2n) is 8.62. The topological polar surface area (TPSA) is 0 Å². The Morgan fingerprint density at radius 1 is 0.517 bits per heavy atom. The summed E-state index contributed by atoms with van der Waals surface area (Å²) in [7, 11) is 0. The fourth-order valence-corrected chi connectivity index (χ4v) is 5.54. The molecule has 1 heterocycles. The number of hydrogen-bond donors (Lipinski definition) is 0. The Morgan fingerprint density at radius 2 is 1.10 bits per heavy atom. The lowest BCUT2D eigenvalue weighted by Crippen LogP contribution is -2.13. The van der Waals surface area contributed by atoms with Crippen LogP contribution in [0.1, 0.15) is 26.3 Å². The van der Waals surface area contributed by atoms with E-state index in [-0.39, 0.29) is 5.41 Å². The van der Waals surface area contributed by atoms with Crippen LogP contribution in [0.25, 0.3) is 42.4 Å². The molecule has 0 aliphatic heterocycles. The zero-order valence-electron chi connectivity index (χ0n) is 17.1. The lowest BCUT2D eigenvalue weighted by atomic mass is 9.78. The molecular formula is C28H24S. The standard InChI is InChI=1S/C28H24S/c1-28(2,3)27-22(20-13-8-5-9-14-20)17-18-24-26(27)25-21(15-10-16-23(25)29-24)19-11-6-4-7-12-19/h4-18H,1-3H3. The molecule has 1 heteroatoms. The van der Waals surface area contributed by atoms with E-state index in [4.69, 9.17) is 0 Å². The molecule has 0 aliphatic rings. The molecule has 0 fully saturated rings. The summed E-state index contributed by atoms with van der Waals surface area (Å²) in [5.74, 6) is 0. The fraction of sp³-hybridized carbons (Fsp3) is 0.143. The fourth-order valence-electron chi connectivity index (χ4n) is 4.40. The van der Waals surface area contributed by atoms with Gasteiger partial charge in [0, 0.05) is 20.2 Å². The average molecular weight is 393 g/mol. The van der Waals surface area contributed by atoms with E-state index < -0.39 is 0 Å². The van der Waals surface area contributed by atoms with Gasteiger partial charge in [-0.15, -0.1) is 11.3 Å². The van der Waals surface area contributed by atoms with Crippen molar-refractivity contribution in [2.24, 2.45) is 0 Å². The van der Waals surface area contributed by atoms with E-state index in [0.717, 1.165) is 0 Å². The first-order valence-corrected chi connectivity index (χ1v) is 11.0. The SMILES string of the molecule is CC(C)(C)c1c(-c2ccccc2)ccc2sc3cccc(-c4ccccc4)c3c12. The van der Waals surface area contributed by atoms with Crippen LogP contribution in [0.4, 0.5) is 0 Å². The molecule has 0 radical (unpaired) electrons. The van der Waals surface area contributed by atoms with Crippen molar-refractivity contribution in [1.29, 1.82) is 0 Å². The number of fused-ring (bicyclic) bond motifs is 3. The van der Waals surface area contributed by atoms with E-state index in [2.05, 4.69) is 112 Å². The molecule has 0 saturated carbocycles. The molecule has 1 aromatic heterocycles. The summed E-state index contributed by atoms with van der Waals surface area (Å²) in [6.45, 7) is 7.01. The van der Waals surface area contributed by atoms with E-state index in [1.165, 1.54) is 48.0 Å². The highest BCUT2D eigenvalue weighted by molar-refractivity contribution is 7.26. The van der Waals surface area contributed by atoms with Gasteiger partial charge >= 0.3 is 0 Å². The Labute approximate surface area is 176 Å². The Morgan fingerprint density at radius 3 is 1.72 bits per heavy atom. The lowest BCUT2D eigenvalue weighted by molar-refractivity contribution is 0.598. The van der Waals surface area contributed by atoms with Gasteiger partial charge in [-0.3, -0.25) is 0 Å². The van der Waals surface area contributed by atoms with Gasteiger partial charge in [0.1, 0.15) is 0 Å². The Kier molecular flexibility index (Phi) is 4.29. The maximum Gasteiger partial charge on any atom is 0.0361 e. The molecule has 0 amide bonds. The summed E-state index contributed by atoms with van der Waals surface area (Å²) >= 11 is 1.90. The minimum absolute atomic E-state index is 0.0302. The van der Waals surface area contributed by atoms with E-state index in [1.807, 2.05) is 11.3 Å². The molecule has 4 aromatic carbocycles. The molecular weight excluding hydrogens is 368 g/mol. The third-order valence-electron chi connectivity index (χ3n) is 5.58. The van der Waals surface area contributed by atoms with Crippen LogP contribution in [0.2, 0.25) is 0 Å². The zero-order valence-corrected chi connectivity index (χ0v) is 17.9. The van der Waals surface area contributed by atoms with Crippen molar-refractivity contribution in [2.45, 2.75) is 26.2 Å². The molecule has 5 aromatic rings. The quantitative estimate of drug-likeness (QED) is 0.282. The van der Waals surface area contributed by atoms with Gasteiger partial charge in [0.2, 0.25) is 0 Å². The first kappa shape index (κ1) is 18.1. The van der Waals surface area contributed by atoms with Crippen molar-refractivity contribution in [1.82, 2.24) is 0 Å². The highest BCUT2D eigenvalue weighted by Gasteiger charge is 2.25. The van der Waals surface area contributed by atoms with Crippen LogP contribution < -0.4 is 0 Å². The van der Waals surface area contributed by atoms with Gasteiger partial charge in [0.15, 0.2) is 0 Å². The normalized spacial score (nSPS) is 12.0. The lowest BCUT2D eigenvalue weighted by Gasteiger charge is -2.25. The first-order chi connectivity index (χ1) is 14.0. The summed E-state index contributed by atoms with van der Waals surface area (Å²) < 4.78 is 2.73. The van der Waals surface area contributed by atoms with E-state index >= 15 is 0 Å². The molecule has 0 bridgehead atoms. The van der Waals surface area contributed by atoms with Gasteiger partial charge < -0.3 is 0 Å². The summed E-state index contributed by atoms with van der Waals surface area (Å²) in [5.41, 5.74) is 6.70. The summed E-state index contributed by atoms with van der Waals surface area (Å²) in [5, 5.41) is 2.81. The van der Waals surface area contributed by atoms with Gasteiger partial charge in [-0.25, -0.2) is 0 Å². The van der Waals surface area contributed by atoms with Gasteiger partial charge in [-0.1, -0.05) is 99.6 Å². The highest BCUT2D eigenvalue weighted by atomic mass is 32.1. The molecule has 0 aliphatic carbocycles. The number of rotatable bonds is 2. The van der Waals surface area contributed by atoms with Crippen LogP contribution in [0.15, 0.2) is 91.0 Å². The van der Waals surface area contributed by atoms with Crippen LogP contribution in [0.5, 0.6) is 0 Å². The second-order valence-corrected chi connectivity index (χ2v) is 9.71. The van der Waals surface area contributed by atoms with Crippen LogP contribution in [0, 0.1) is 0 Å². The van der Waals surface area contributed by atoms with Gasteiger partial charge in [0.05, 0.1) is 0 Å². The molecule has 0 saturated heterocycles. The van der Waals surface area contributed by atoms with Crippen molar-refractivity contribution >= 4 is 31.5 Å². The van der Waals surface area contributed by atoms with E-state index in [0.29, 0.717) is 0 Å². The Hall–Kier alpha value is -2.90. The first-order valence-electron chi connectivity index (χ1n) is 10.1. The minimum Gasteiger partial charge on any atom is -0.135 e. The second kappa shape index (κ2) is 6.86. The number of benzene rings is 4. The molecule has 0 spiro atoms. The van der Waals surface area contributed by atoms with Gasteiger partial charge in [-0.05, 0) is 45.4 Å². The molecule has 5 rings (SSSR count). The number of hydrogen-bond acceptors (Lipinski definition) is 1. The zero-order chi connectivity index (χ0) is 20.0. The Balaban J connectivity index is 1.96. The summed E-state index contributed by atoms with van der Waals surface area (Å²) in [6, 6.07) is 32.9. The maximum absolute atomic E-state index is 2.34. The minimum atomic E-state index is 0.0302. The monoisotopic (exact) mass is 392 g/mol. The van der Waals surface area contributed by atoms with Gasteiger partial charge in [0.25, 0.3) is 0 Å². The summed E-state index contributed by atoms with van der Waals surface area (Å²) in [6.07, 6.45) is 0. The third kappa shape index (κ3) is 3.07. The van der Waals surface area contributed by atoms with Crippen LogP contribution in [0.3, 0.4) is 0 Å². The predicted molar refractivity (Wildman–Crippen MR) is 129 cm³/mol. The molecule has 29 heavy (non-hydrogen) atoms. The maximum atomic E-state index is 2.34. The average Bonchev–Trinajstić information content (AvgIpc) is 3.12. The van der Waals surface area contributed by atoms with Crippen LogP contribution in [-0.4, -0.2) is 0 Å². The van der Waals surface area contributed by atoms with Crippen molar-refractivity contribution in [3.8, 4) is 22.3 Å². The molecule has 0 atom stereocenters. The molecule has 0 unspecified atom stereocenters. The predicted octanol–water partition coefficient (Wildman–Crippen LogP) is 8.69. The van der Waals surface area contributed by atoms with Crippen molar-refractivity contribution < 1.29 is 0 Å². The smallest absolute Gasteiger partial charge is 0.0361 e. The molecule has 0 N–H and O–H groups in total. The van der Waals surface area contributed by atoms with Crippen molar-refractivity contribution in [3.63, 3.8) is 0 Å².